The molecule has 0 aliphatic carbocycles. The summed E-state index contributed by atoms with van der Waals surface area (Å²) in [7, 11) is 0. The first-order chi connectivity index (χ1) is 10.5. The van der Waals surface area contributed by atoms with Crippen LogP contribution in [-0.2, 0) is 5.75 Å². The van der Waals surface area contributed by atoms with Gasteiger partial charge >= 0.3 is 0 Å². The van der Waals surface area contributed by atoms with Crippen LogP contribution in [-0.4, -0.2) is 9.66 Å². The highest BCUT2D eigenvalue weighted by molar-refractivity contribution is 7.98. The van der Waals surface area contributed by atoms with Crippen LogP contribution in [0.3, 0.4) is 0 Å². The number of aryl methyl sites for hydroxylation is 2. The summed E-state index contributed by atoms with van der Waals surface area (Å²) in [6, 6.07) is 13.9. The van der Waals surface area contributed by atoms with Gasteiger partial charge in [0, 0.05) is 5.75 Å². The third-order valence-corrected chi connectivity index (χ3v) is 4.50. The van der Waals surface area contributed by atoms with Gasteiger partial charge < -0.3 is 5.84 Å². The predicted octanol–water partition coefficient (Wildman–Crippen LogP) is 3.02. The highest BCUT2D eigenvalue weighted by Gasteiger charge is 2.10. The van der Waals surface area contributed by atoms with Crippen LogP contribution in [0.15, 0.2) is 52.4 Å². The van der Waals surface area contributed by atoms with Gasteiger partial charge in [0.05, 0.1) is 10.9 Å². The molecular formula is C17H17N3OS. The van der Waals surface area contributed by atoms with Crippen molar-refractivity contribution >= 4 is 22.7 Å². The van der Waals surface area contributed by atoms with E-state index in [1.165, 1.54) is 22.9 Å². The molecule has 0 spiro atoms. The van der Waals surface area contributed by atoms with Crippen molar-refractivity contribution in [3.8, 4) is 0 Å². The first kappa shape index (κ1) is 14.7. The van der Waals surface area contributed by atoms with Gasteiger partial charge in [-0.3, -0.25) is 4.79 Å². The molecule has 0 amide bonds. The van der Waals surface area contributed by atoms with E-state index < -0.39 is 0 Å². The zero-order valence-corrected chi connectivity index (χ0v) is 13.4. The van der Waals surface area contributed by atoms with Gasteiger partial charge in [-0.25, -0.2) is 9.66 Å². The zero-order chi connectivity index (χ0) is 15.7. The molecule has 0 unspecified atom stereocenters. The fraction of sp³-hybridized carbons (Fsp3) is 0.176. The molecule has 1 aromatic heterocycles. The minimum atomic E-state index is -0.208. The van der Waals surface area contributed by atoms with Crippen molar-refractivity contribution in [2.24, 2.45) is 0 Å². The van der Waals surface area contributed by atoms with E-state index >= 15 is 0 Å². The van der Waals surface area contributed by atoms with Gasteiger partial charge in [0.25, 0.3) is 5.56 Å². The Labute approximate surface area is 133 Å². The van der Waals surface area contributed by atoms with Crippen LogP contribution in [0, 0.1) is 13.8 Å². The molecule has 0 radical (unpaired) electrons. The largest absolute Gasteiger partial charge is 0.334 e. The molecule has 0 bridgehead atoms. The molecule has 22 heavy (non-hydrogen) atoms. The molecule has 0 aliphatic rings. The summed E-state index contributed by atoms with van der Waals surface area (Å²) >= 11 is 1.47. The van der Waals surface area contributed by atoms with E-state index in [1.54, 1.807) is 0 Å². The number of fused-ring (bicyclic) bond motifs is 1. The normalized spacial score (nSPS) is 11.0. The van der Waals surface area contributed by atoms with Gasteiger partial charge in [-0.15, -0.1) is 0 Å². The topological polar surface area (TPSA) is 60.9 Å². The lowest BCUT2D eigenvalue weighted by molar-refractivity contribution is 0.779. The number of hydrogen-bond acceptors (Lipinski definition) is 4. The molecule has 0 saturated carbocycles. The maximum atomic E-state index is 12.4. The van der Waals surface area contributed by atoms with Crippen LogP contribution in [0.5, 0.6) is 0 Å². The van der Waals surface area contributed by atoms with Gasteiger partial charge in [-0.1, -0.05) is 53.2 Å². The average Bonchev–Trinajstić information content (AvgIpc) is 2.50. The fourth-order valence-corrected chi connectivity index (χ4v) is 3.20. The maximum absolute atomic E-state index is 12.4. The lowest BCUT2D eigenvalue weighted by atomic mass is 10.2. The second kappa shape index (κ2) is 5.85. The van der Waals surface area contributed by atoms with Crippen molar-refractivity contribution in [1.82, 2.24) is 9.66 Å². The fourth-order valence-electron chi connectivity index (χ4n) is 2.34. The Hall–Kier alpha value is -2.27. The summed E-state index contributed by atoms with van der Waals surface area (Å²) in [5.41, 5.74) is 3.89. The summed E-state index contributed by atoms with van der Waals surface area (Å²) < 4.78 is 1.14. The van der Waals surface area contributed by atoms with E-state index in [1.807, 2.05) is 31.2 Å². The van der Waals surface area contributed by atoms with Crippen molar-refractivity contribution in [2.75, 3.05) is 5.84 Å². The lowest BCUT2D eigenvalue weighted by Gasteiger charge is -2.09. The van der Waals surface area contributed by atoms with Crippen LogP contribution in [0.4, 0.5) is 0 Å². The second-order valence-corrected chi connectivity index (χ2v) is 6.31. The molecule has 0 fully saturated rings. The Morgan fingerprint density at radius 1 is 1.14 bits per heavy atom. The number of nitrogens with zero attached hydrogens (tertiary/aromatic N) is 2. The van der Waals surface area contributed by atoms with E-state index in [4.69, 9.17) is 5.84 Å². The Morgan fingerprint density at radius 3 is 2.68 bits per heavy atom. The first-order valence-electron chi connectivity index (χ1n) is 7.01. The van der Waals surface area contributed by atoms with Gasteiger partial charge in [0.2, 0.25) is 0 Å². The lowest BCUT2D eigenvalue weighted by Crippen LogP contribution is -2.29. The van der Waals surface area contributed by atoms with E-state index in [0.29, 0.717) is 16.1 Å². The third kappa shape index (κ3) is 2.85. The van der Waals surface area contributed by atoms with E-state index in [9.17, 15) is 4.79 Å². The molecule has 2 N–H and O–H groups in total. The molecule has 0 aliphatic heterocycles. The predicted molar refractivity (Wildman–Crippen MR) is 91.6 cm³/mol. The Kier molecular flexibility index (Phi) is 3.90. The van der Waals surface area contributed by atoms with Gasteiger partial charge in [-0.05, 0) is 31.5 Å². The molecule has 112 valence electrons. The van der Waals surface area contributed by atoms with Crippen molar-refractivity contribution in [1.29, 1.82) is 0 Å². The number of benzene rings is 2. The van der Waals surface area contributed by atoms with Crippen molar-refractivity contribution in [2.45, 2.75) is 24.8 Å². The number of thioether (sulfide) groups is 1. The third-order valence-electron chi connectivity index (χ3n) is 3.47. The molecule has 0 saturated heterocycles. The minimum absolute atomic E-state index is 0.208. The van der Waals surface area contributed by atoms with Crippen LogP contribution >= 0.6 is 11.8 Å². The number of rotatable bonds is 3. The first-order valence-corrected chi connectivity index (χ1v) is 8.00. The number of aromatic nitrogens is 2. The molecule has 2 aromatic carbocycles. The molecule has 5 heteroatoms. The Balaban J connectivity index is 1.96. The van der Waals surface area contributed by atoms with Crippen molar-refractivity contribution < 1.29 is 0 Å². The highest BCUT2D eigenvalue weighted by Crippen LogP contribution is 2.21. The SMILES string of the molecule is Cc1cccc(CSc2nc3ccc(C)cc3c(=O)n2N)c1. The van der Waals surface area contributed by atoms with E-state index in [-0.39, 0.29) is 5.56 Å². The van der Waals surface area contributed by atoms with E-state index in [0.717, 1.165) is 16.0 Å². The van der Waals surface area contributed by atoms with Crippen LogP contribution in [0.25, 0.3) is 10.9 Å². The molecule has 0 atom stereocenters. The summed E-state index contributed by atoms with van der Waals surface area (Å²) in [5, 5.41) is 1.09. The maximum Gasteiger partial charge on any atom is 0.280 e. The Bertz CT molecular complexity index is 902. The number of nitrogen functional groups attached to an aromatic ring is 1. The molecule has 3 aromatic rings. The summed E-state index contributed by atoms with van der Waals surface area (Å²) in [4.78, 5) is 16.9. The summed E-state index contributed by atoms with van der Waals surface area (Å²) in [6.07, 6.45) is 0. The summed E-state index contributed by atoms with van der Waals surface area (Å²) in [6.45, 7) is 4.00. The molecule has 3 rings (SSSR count). The van der Waals surface area contributed by atoms with Gasteiger partial charge in [-0.2, -0.15) is 0 Å². The minimum Gasteiger partial charge on any atom is -0.334 e. The smallest absolute Gasteiger partial charge is 0.280 e. The van der Waals surface area contributed by atoms with Crippen molar-refractivity contribution in [3.05, 3.63) is 69.5 Å². The highest BCUT2D eigenvalue weighted by atomic mass is 32.2. The number of hydrogen-bond donors (Lipinski definition) is 1. The number of nitrogens with two attached hydrogens (primary N) is 1. The second-order valence-electron chi connectivity index (χ2n) is 5.37. The van der Waals surface area contributed by atoms with Crippen LogP contribution in [0.2, 0.25) is 0 Å². The van der Waals surface area contributed by atoms with Gasteiger partial charge in [0.1, 0.15) is 0 Å². The monoisotopic (exact) mass is 311 g/mol. The quantitative estimate of drug-likeness (QED) is 0.459. The van der Waals surface area contributed by atoms with Crippen LogP contribution < -0.4 is 11.4 Å². The van der Waals surface area contributed by atoms with E-state index in [2.05, 4.69) is 30.1 Å². The Morgan fingerprint density at radius 2 is 1.91 bits per heavy atom. The standard InChI is InChI=1S/C17H17N3OS/c1-11-4-3-5-13(8-11)10-22-17-19-15-7-6-12(2)9-14(15)16(21)20(17)18/h3-9H,10,18H2,1-2H3. The molecular weight excluding hydrogens is 294 g/mol. The van der Waals surface area contributed by atoms with Crippen molar-refractivity contribution in [3.63, 3.8) is 0 Å². The van der Waals surface area contributed by atoms with Crippen LogP contribution in [0.1, 0.15) is 16.7 Å². The van der Waals surface area contributed by atoms with Gasteiger partial charge in [0.15, 0.2) is 5.16 Å². The summed E-state index contributed by atoms with van der Waals surface area (Å²) in [5.74, 6) is 6.64. The molecule has 4 nitrogen and oxygen atoms in total. The average molecular weight is 311 g/mol. The zero-order valence-electron chi connectivity index (χ0n) is 12.5. The molecule has 1 heterocycles.